The van der Waals surface area contributed by atoms with Gasteiger partial charge in [-0.3, -0.25) is 0 Å². The largest absolute Gasteiger partial charge is 6.00 e. The summed E-state index contributed by atoms with van der Waals surface area (Å²) in [6, 6.07) is 0. The van der Waals surface area contributed by atoms with E-state index >= 15 is 0 Å². The number of hydrogen-bond acceptors (Lipinski definition) is 12. The summed E-state index contributed by atoms with van der Waals surface area (Å²) in [6.07, 6.45) is 13.5. The molecule has 0 N–H and O–H groups in total. The smallest absolute Gasteiger partial charge is 0.411 e. The molecular formula is C42H84MoN6S12. The van der Waals surface area contributed by atoms with Crippen LogP contribution in [-0.4, -0.2) is 134 Å². The fraction of sp³-hybridized carbons (Fsp3) is 0.857. The molecule has 0 aromatic rings. The predicted octanol–water partition coefficient (Wildman–Crippen LogP) is 11.6. The van der Waals surface area contributed by atoms with E-state index in [0.29, 0.717) is 25.9 Å². The van der Waals surface area contributed by atoms with Gasteiger partial charge >= 0.3 is 21.1 Å². The van der Waals surface area contributed by atoms with Crippen molar-refractivity contribution >= 4 is 175 Å². The summed E-state index contributed by atoms with van der Waals surface area (Å²) in [7, 11) is 0. The molecule has 0 fully saturated rings. The Labute approximate surface area is 459 Å². The fourth-order valence-electron chi connectivity index (χ4n) is 5.01. The summed E-state index contributed by atoms with van der Waals surface area (Å²) >= 11 is 58.7. The minimum Gasteiger partial charge on any atom is -0.411 e. The third-order valence-corrected chi connectivity index (χ3v) is 10.6. The first-order valence-corrected chi connectivity index (χ1v) is 27.0. The fourth-order valence-corrected chi connectivity index (χ4v) is 7.20. The van der Waals surface area contributed by atoms with Crippen molar-refractivity contribution in [3.63, 3.8) is 0 Å². The van der Waals surface area contributed by atoms with Crippen molar-refractivity contribution in [1.82, 2.24) is 29.4 Å². The summed E-state index contributed by atoms with van der Waals surface area (Å²) < 4.78 is 3.69. The third kappa shape index (κ3) is 57.4. The average molecular weight is 1150 g/mol. The first-order valence-electron chi connectivity index (χ1n) is 22.1. The van der Waals surface area contributed by atoms with E-state index in [4.69, 9.17) is 149 Å². The molecule has 0 saturated heterocycles. The Morgan fingerprint density at radius 2 is 0.295 bits per heavy atom. The van der Waals surface area contributed by atoms with E-state index in [1.54, 1.807) is 0 Å². The predicted molar refractivity (Wildman–Crippen MR) is 313 cm³/mol. The van der Waals surface area contributed by atoms with Crippen molar-refractivity contribution in [3.8, 4) is 0 Å². The monoisotopic (exact) mass is 1150 g/mol. The van der Waals surface area contributed by atoms with Gasteiger partial charge in [0.1, 0.15) is 0 Å². The van der Waals surface area contributed by atoms with Gasteiger partial charge in [-0.25, -0.2) is 0 Å². The zero-order chi connectivity index (χ0) is 47.9. The first-order chi connectivity index (χ1) is 28.3. The topological polar surface area (TPSA) is 19.4 Å². The van der Waals surface area contributed by atoms with E-state index in [0.717, 1.165) is 156 Å². The van der Waals surface area contributed by atoms with Crippen LogP contribution in [0.4, 0.5) is 0 Å². The van der Waals surface area contributed by atoms with Crippen LogP contribution in [0.25, 0.3) is 0 Å². The van der Waals surface area contributed by atoms with Gasteiger partial charge in [0.25, 0.3) is 0 Å². The number of rotatable bonds is 24. The van der Waals surface area contributed by atoms with Crippen molar-refractivity contribution in [2.75, 3.05) is 78.5 Å². The molecule has 0 spiro atoms. The van der Waals surface area contributed by atoms with Crippen molar-refractivity contribution in [2.24, 2.45) is 0 Å². The second-order valence-electron chi connectivity index (χ2n) is 13.5. The maximum atomic E-state index is 4.89. The molecule has 19 heteroatoms. The standard InChI is InChI=1S/6C7H15NS2.Mo/c6*1-3-5-8(6-4-2)7(9)10;/h6*3-6H2,1-2H3,(H,9,10);/q;;;;;;+6/p-6. The van der Waals surface area contributed by atoms with Crippen molar-refractivity contribution in [2.45, 2.75) is 160 Å². The van der Waals surface area contributed by atoms with Gasteiger partial charge < -0.3 is 178 Å². The van der Waals surface area contributed by atoms with Crippen LogP contribution in [0.5, 0.6) is 0 Å². The molecular weight excluding hydrogens is 1070 g/mol. The van der Waals surface area contributed by atoms with Crippen LogP contribution in [0, 0.1) is 0 Å². The Kier molecular flexibility index (Phi) is 74.5. The van der Waals surface area contributed by atoms with E-state index in [9.17, 15) is 0 Å². The quantitative estimate of drug-likeness (QED) is 0.0519. The minimum atomic E-state index is 0. The van der Waals surface area contributed by atoms with E-state index < -0.39 is 0 Å². The van der Waals surface area contributed by atoms with Gasteiger partial charge in [-0.2, -0.15) is 0 Å². The van der Waals surface area contributed by atoms with Crippen LogP contribution in [0.1, 0.15) is 160 Å². The van der Waals surface area contributed by atoms with E-state index in [-0.39, 0.29) is 21.1 Å². The molecule has 0 aliphatic carbocycles. The number of hydrogen-bond donors (Lipinski definition) is 0. The Hall–Kier alpha value is 1.35. The first kappa shape index (κ1) is 76.6. The normalized spacial score (nSPS) is 9.25. The summed E-state index contributed by atoms with van der Waals surface area (Å²) in [5.74, 6) is 0. The second kappa shape index (κ2) is 59.4. The van der Waals surface area contributed by atoms with E-state index in [2.05, 4.69) is 112 Å². The number of nitrogens with zero attached hydrogens (tertiary/aromatic N) is 6. The van der Waals surface area contributed by atoms with Gasteiger partial charge in [0.15, 0.2) is 0 Å². The van der Waals surface area contributed by atoms with Crippen LogP contribution >= 0.6 is 73.3 Å². The molecule has 0 unspecified atom stereocenters. The zero-order valence-corrected chi connectivity index (χ0v) is 51.8. The Morgan fingerprint density at radius 3 is 0.328 bits per heavy atom. The Bertz CT molecular complexity index is 796. The van der Waals surface area contributed by atoms with Crippen LogP contribution in [0.3, 0.4) is 0 Å². The average Bonchev–Trinajstić information content (AvgIpc) is 3.18. The van der Waals surface area contributed by atoms with Crippen molar-refractivity contribution in [1.29, 1.82) is 0 Å². The molecule has 0 radical (unpaired) electrons. The molecule has 0 amide bonds. The Balaban J connectivity index is -0.000000114. The maximum absolute atomic E-state index is 4.89. The zero-order valence-electron chi connectivity index (χ0n) is 40.0. The molecule has 0 saturated carbocycles. The van der Waals surface area contributed by atoms with Crippen LogP contribution < -0.4 is 0 Å². The maximum Gasteiger partial charge on any atom is 6.00 e. The number of thiocarbonyl (C=S) groups is 6. The molecule has 0 aromatic heterocycles. The van der Waals surface area contributed by atoms with Gasteiger partial charge in [-0.05, 0) is 77.0 Å². The molecule has 0 atom stereocenters. The molecule has 6 nitrogen and oxygen atoms in total. The second-order valence-corrected chi connectivity index (χ2v) is 19.7. The molecule has 0 aliphatic rings. The van der Waals surface area contributed by atoms with Gasteiger partial charge in [-0.1, -0.05) is 109 Å². The van der Waals surface area contributed by atoms with Gasteiger partial charge in [0.05, 0.1) is 0 Å². The van der Waals surface area contributed by atoms with Crippen LogP contribution in [0.15, 0.2) is 0 Å². The van der Waals surface area contributed by atoms with Gasteiger partial charge in [-0.15, -0.1) is 0 Å². The molecule has 0 aromatic carbocycles. The molecule has 0 heterocycles. The van der Waals surface area contributed by atoms with Crippen molar-refractivity contribution in [3.05, 3.63) is 0 Å². The molecule has 0 rings (SSSR count). The van der Waals surface area contributed by atoms with E-state index in [1.165, 1.54) is 0 Å². The summed E-state index contributed by atoms with van der Waals surface area (Å²) in [6.45, 7) is 37.7. The molecule has 0 aliphatic heterocycles. The molecule has 61 heavy (non-hydrogen) atoms. The SMILES string of the molecule is CCCN(CCC)C(=S)[S-].CCCN(CCC)C(=S)[S-].CCCN(CCC)C(=S)[S-].CCCN(CCC)C(=S)[S-].CCCN(CCC)C(=S)[S-].CCCN(CCC)C(=S)[S-].[Mo+6]. The van der Waals surface area contributed by atoms with E-state index in [1.807, 2.05) is 0 Å². The summed E-state index contributed by atoms with van der Waals surface area (Å²) in [5.41, 5.74) is 0. The van der Waals surface area contributed by atoms with Crippen LogP contribution in [0.2, 0.25) is 0 Å². The van der Waals surface area contributed by atoms with Gasteiger partial charge in [0.2, 0.25) is 0 Å². The Morgan fingerprint density at radius 1 is 0.230 bits per heavy atom. The summed E-state index contributed by atoms with van der Waals surface area (Å²) in [4.78, 5) is 12.4. The van der Waals surface area contributed by atoms with Gasteiger partial charge in [0, 0.05) is 78.5 Å². The molecule has 360 valence electrons. The third-order valence-electron chi connectivity index (χ3n) is 7.47. The molecule has 0 bridgehead atoms. The van der Waals surface area contributed by atoms with Crippen molar-refractivity contribution < 1.29 is 21.1 Å². The summed E-state index contributed by atoms with van der Waals surface area (Å²) in [5, 5.41) is 0. The van der Waals surface area contributed by atoms with Crippen LogP contribution in [-0.2, 0) is 96.8 Å². The minimum absolute atomic E-state index is 0.